The summed E-state index contributed by atoms with van der Waals surface area (Å²) in [6.45, 7) is 2.19. The smallest absolute Gasteiger partial charge is 0.379 e. The molecule has 6 nitrogen and oxygen atoms in total. The first-order chi connectivity index (χ1) is 12.5. The van der Waals surface area contributed by atoms with Gasteiger partial charge in [-0.3, -0.25) is 4.79 Å². The number of thiocarbonyl (C=S) groups is 1. The number of thioether (sulfide) groups is 1. The van der Waals surface area contributed by atoms with Crippen LogP contribution in [-0.2, 0) is 4.79 Å². The summed E-state index contributed by atoms with van der Waals surface area (Å²) >= 11 is 9.55. The zero-order valence-electron chi connectivity index (χ0n) is 13.4. The highest BCUT2D eigenvalue weighted by molar-refractivity contribution is 9.10. The van der Waals surface area contributed by atoms with Gasteiger partial charge in [0, 0.05) is 0 Å². The third-order valence-corrected chi connectivity index (χ3v) is 4.94. The Kier molecular flexibility index (Phi) is 5.80. The van der Waals surface area contributed by atoms with Crippen molar-refractivity contribution in [2.24, 2.45) is 0 Å². The third-order valence-electron chi connectivity index (χ3n) is 3.19. The van der Waals surface area contributed by atoms with Crippen molar-refractivity contribution in [1.29, 1.82) is 0 Å². The Bertz CT molecular complexity index is 908. The summed E-state index contributed by atoms with van der Waals surface area (Å²) in [7, 11) is 0. The van der Waals surface area contributed by atoms with Crippen LogP contribution >= 0.6 is 39.9 Å². The number of esters is 1. The molecule has 1 aromatic carbocycles. The molecular weight excluding hydrogens is 442 g/mol. The lowest BCUT2D eigenvalue weighted by atomic mass is 10.2. The number of furan rings is 1. The maximum atomic E-state index is 12.2. The van der Waals surface area contributed by atoms with Gasteiger partial charge in [0.25, 0.3) is 5.91 Å². The monoisotopic (exact) mass is 453 g/mol. The van der Waals surface area contributed by atoms with Crippen LogP contribution in [0.5, 0.6) is 11.5 Å². The van der Waals surface area contributed by atoms with Crippen molar-refractivity contribution in [3.8, 4) is 11.5 Å². The largest absolute Gasteiger partial charge is 0.490 e. The topological polar surface area (TPSA) is 77.8 Å². The standard InChI is InChI=1S/C17H12BrNO5S2/c1-2-22-12-7-9(8-13-15(20)19-17(25)26-13)6-10(18)14(12)24-16(21)11-4-3-5-23-11/h3-8H,2H2,1H3,(H,19,20,25)/b13-8-. The van der Waals surface area contributed by atoms with Gasteiger partial charge in [-0.15, -0.1) is 0 Å². The molecule has 1 saturated heterocycles. The highest BCUT2D eigenvalue weighted by Gasteiger charge is 2.23. The van der Waals surface area contributed by atoms with E-state index in [1.54, 1.807) is 24.3 Å². The van der Waals surface area contributed by atoms with Gasteiger partial charge in [0.15, 0.2) is 11.5 Å². The zero-order chi connectivity index (χ0) is 18.7. The third kappa shape index (κ3) is 4.17. The number of amides is 1. The van der Waals surface area contributed by atoms with Gasteiger partial charge in [-0.05, 0) is 58.8 Å². The number of benzene rings is 1. The van der Waals surface area contributed by atoms with Crippen molar-refractivity contribution in [2.45, 2.75) is 6.92 Å². The molecule has 134 valence electrons. The number of hydrogen-bond acceptors (Lipinski definition) is 7. The highest BCUT2D eigenvalue weighted by atomic mass is 79.9. The molecular formula is C17H12BrNO5S2. The van der Waals surface area contributed by atoms with Crippen LogP contribution in [0, 0.1) is 0 Å². The predicted molar refractivity (Wildman–Crippen MR) is 105 cm³/mol. The average Bonchev–Trinajstić information content (AvgIpc) is 3.21. The van der Waals surface area contributed by atoms with Crippen molar-refractivity contribution < 1.29 is 23.5 Å². The normalized spacial score (nSPS) is 15.2. The Hall–Kier alpha value is -2.10. The Morgan fingerprint density at radius 2 is 2.27 bits per heavy atom. The first-order valence-corrected chi connectivity index (χ1v) is 9.46. The molecule has 26 heavy (non-hydrogen) atoms. The zero-order valence-corrected chi connectivity index (χ0v) is 16.6. The van der Waals surface area contributed by atoms with Crippen molar-refractivity contribution in [3.63, 3.8) is 0 Å². The van der Waals surface area contributed by atoms with Crippen molar-refractivity contribution in [1.82, 2.24) is 5.32 Å². The van der Waals surface area contributed by atoms with E-state index in [-0.39, 0.29) is 17.4 Å². The second-order valence-corrected chi connectivity index (χ2v) is 7.56. The Balaban J connectivity index is 1.93. The van der Waals surface area contributed by atoms with Crippen LogP contribution < -0.4 is 14.8 Å². The molecule has 1 N–H and O–H groups in total. The van der Waals surface area contributed by atoms with E-state index >= 15 is 0 Å². The molecule has 1 aliphatic rings. The molecule has 3 rings (SSSR count). The van der Waals surface area contributed by atoms with Crippen LogP contribution in [0.2, 0.25) is 0 Å². The maximum Gasteiger partial charge on any atom is 0.379 e. The van der Waals surface area contributed by atoms with Crippen LogP contribution in [-0.4, -0.2) is 22.8 Å². The quantitative estimate of drug-likeness (QED) is 0.315. The van der Waals surface area contributed by atoms with Gasteiger partial charge in [0.2, 0.25) is 5.76 Å². The average molecular weight is 454 g/mol. The molecule has 1 fully saturated rings. The van der Waals surface area contributed by atoms with E-state index < -0.39 is 5.97 Å². The molecule has 1 aromatic heterocycles. The number of nitrogens with one attached hydrogen (secondary N) is 1. The van der Waals surface area contributed by atoms with Crippen LogP contribution in [0.1, 0.15) is 23.0 Å². The summed E-state index contributed by atoms with van der Waals surface area (Å²) < 4.78 is 16.9. The fourth-order valence-corrected chi connectivity index (χ4v) is 3.73. The van der Waals surface area contributed by atoms with Crippen molar-refractivity contribution in [3.05, 3.63) is 51.2 Å². The second-order valence-electron chi connectivity index (χ2n) is 4.98. The molecule has 0 spiro atoms. The molecule has 0 bridgehead atoms. The molecule has 2 aromatic rings. The number of carbonyl (C=O) groups excluding carboxylic acids is 2. The van der Waals surface area contributed by atoms with Crippen molar-refractivity contribution >= 4 is 62.2 Å². The van der Waals surface area contributed by atoms with E-state index in [1.807, 2.05) is 6.92 Å². The van der Waals surface area contributed by atoms with Gasteiger partial charge in [0.05, 0.1) is 22.2 Å². The van der Waals surface area contributed by atoms with E-state index in [1.165, 1.54) is 24.1 Å². The fraction of sp³-hybridized carbons (Fsp3) is 0.118. The van der Waals surface area contributed by atoms with Gasteiger partial charge >= 0.3 is 5.97 Å². The van der Waals surface area contributed by atoms with Crippen LogP contribution in [0.15, 0.2) is 44.3 Å². The fourth-order valence-electron chi connectivity index (χ4n) is 2.14. The summed E-state index contributed by atoms with van der Waals surface area (Å²) in [5, 5.41) is 2.56. The van der Waals surface area contributed by atoms with Crippen LogP contribution in [0.25, 0.3) is 6.08 Å². The minimum absolute atomic E-state index is 0.0816. The number of rotatable bonds is 5. The summed E-state index contributed by atoms with van der Waals surface area (Å²) in [5.74, 6) is -0.214. The van der Waals surface area contributed by atoms with E-state index in [0.717, 1.165) is 0 Å². The van der Waals surface area contributed by atoms with Gasteiger partial charge in [-0.2, -0.15) is 0 Å². The second kappa shape index (κ2) is 8.07. The molecule has 1 aliphatic heterocycles. The van der Waals surface area contributed by atoms with E-state index in [2.05, 4.69) is 21.2 Å². The minimum Gasteiger partial charge on any atom is -0.490 e. The summed E-state index contributed by atoms with van der Waals surface area (Å²) in [6.07, 6.45) is 3.07. The summed E-state index contributed by atoms with van der Waals surface area (Å²) in [6, 6.07) is 6.50. The maximum absolute atomic E-state index is 12.2. The van der Waals surface area contributed by atoms with Crippen molar-refractivity contribution in [2.75, 3.05) is 6.61 Å². The molecule has 2 heterocycles. The summed E-state index contributed by atoms with van der Waals surface area (Å²) in [4.78, 5) is 24.4. The lowest BCUT2D eigenvalue weighted by Crippen LogP contribution is -2.17. The van der Waals surface area contributed by atoms with E-state index in [9.17, 15) is 9.59 Å². The van der Waals surface area contributed by atoms with Crippen LogP contribution in [0.3, 0.4) is 0 Å². The number of ether oxygens (including phenoxy) is 2. The molecule has 1 amide bonds. The Morgan fingerprint density at radius 1 is 1.46 bits per heavy atom. The molecule has 0 radical (unpaired) electrons. The molecule has 0 unspecified atom stereocenters. The van der Waals surface area contributed by atoms with E-state index in [4.69, 9.17) is 26.1 Å². The van der Waals surface area contributed by atoms with Gasteiger partial charge < -0.3 is 19.2 Å². The Labute approximate surface area is 167 Å². The first kappa shape index (κ1) is 18.7. The van der Waals surface area contributed by atoms with Gasteiger partial charge in [0.1, 0.15) is 4.32 Å². The highest BCUT2D eigenvalue weighted by Crippen LogP contribution is 2.39. The molecule has 0 saturated carbocycles. The van der Waals surface area contributed by atoms with E-state index in [0.29, 0.717) is 31.6 Å². The molecule has 0 aliphatic carbocycles. The number of hydrogen-bond donors (Lipinski definition) is 1. The lowest BCUT2D eigenvalue weighted by Gasteiger charge is -2.13. The number of carbonyl (C=O) groups is 2. The lowest BCUT2D eigenvalue weighted by molar-refractivity contribution is -0.115. The predicted octanol–water partition coefficient (Wildman–Crippen LogP) is 4.15. The van der Waals surface area contributed by atoms with Crippen LogP contribution in [0.4, 0.5) is 0 Å². The van der Waals surface area contributed by atoms with Gasteiger partial charge in [-0.1, -0.05) is 24.0 Å². The minimum atomic E-state index is -0.640. The first-order valence-electron chi connectivity index (χ1n) is 7.44. The Morgan fingerprint density at radius 3 is 2.88 bits per heavy atom. The molecule has 9 heteroatoms. The van der Waals surface area contributed by atoms with Gasteiger partial charge in [-0.25, -0.2) is 4.79 Å². The summed E-state index contributed by atoms with van der Waals surface area (Å²) in [5.41, 5.74) is 0.695. The molecule has 0 atom stereocenters. The SMILES string of the molecule is CCOc1cc(/C=C2\SC(=S)NC2=O)cc(Br)c1OC(=O)c1ccco1. The number of halogens is 1.